The highest BCUT2D eigenvalue weighted by atomic mass is 16.6. The van der Waals surface area contributed by atoms with Gasteiger partial charge in [0.05, 0.1) is 11.3 Å². The molecule has 0 aliphatic rings. The van der Waals surface area contributed by atoms with E-state index in [1.807, 2.05) is 0 Å². The second-order valence-corrected chi connectivity index (χ2v) is 5.27. The van der Waals surface area contributed by atoms with Gasteiger partial charge in [-0.1, -0.05) is 26.0 Å². The Morgan fingerprint density at radius 3 is 2.57 bits per heavy atom. The average molecular weight is 294 g/mol. The molecule has 6 heteroatoms. The Morgan fingerprint density at radius 2 is 2.00 bits per heavy atom. The fraction of sp³-hybridized carbons (Fsp3) is 0.533. The number of rotatable bonds is 9. The van der Waals surface area contributed by atoms with Gasteiger partial charge in [-0.05, 0) is 17.9 Å². The molecular formula is C15H22N2O4. The van der Waals surface area contributed by atoms with Gasteiger partial charge in [0, 0.05) is 31.9 Å². The van der Waals surface area contributed by atoms with E-state index < -0.39 is 4.92 Å². The number of carbonyl (C=O) groups is 1. The lowest BCUT2D eigenvalue weighted by Crippen LogP contribution is -2.26. The van der Waals surface area contributed by atoms with Gasteiger partial charge < -0.3 is 10.1 Å². The van der Waals surface area contributed by atoms with Crippen molar-refractivity contribution in [3.05, 3.63) is 39.9 Å². The van der Waals surface area contributed by atoms with Gasteiger partial charge in [-0.25, -0.2) is 0 Å². The number of benzene rings is 1. The Balaban J connectivity index is 2.20. The van der Waals surface area contributed by atoms with E-state index in [1.165, 1.54) is 12.1 Å². The molecule has 0 aliphatic carbocycles. The van der Waals surface area contributed by atoms with Crippen molar-refractivity contribution >= 4 is 11.6 Å². The highest BCUT2D eigenvalue weighted by molar-refractivity contribution is 5.78. The molecule has 0 fully saturated rings. The lowest BCUT2D eigenvalue weighted by Gasteiger charge is -2.08. The van der Waals surface area contributed by atoms with Crippen molar-refractivity contribution < 1.29 is 14.5 Å². The summed E-state index contributed by atoms with van der Waals surface area (Å²) in [5.74, 6) is 0.425. The Kier molecular flexibility index (Phi) is 7.39. The van der Waals surface area contributed by atoms with Crippen LogP contribution in [0.25, 0.3) is 0 Å². The summed E-state index contributed by atoms with van der Waals surface area (Å²) in [6, 6.07) is 6.01. The van der Waals surface area contributed by atoms with Crippen LogP contribution in [0.3, 0.4) is 0 Å². The van der Waals surface area contributed by atoms with E-state index in [2.05, 4.69) is 19.2 Å². The van der Waals surface area contributed by atoms with Crippen molar-refractivity contribution in [3.63, 3.8) is 0 Å². The van der Waals surface area contributed by atoms with Crippen LogP contribution < -0.4 is 5.32 Å². The summed E-state index contributed by atoms with van der Waals surface area (Å²) in [5, 5.41) is 13.3. The molecular weight excluding hydrogens is 272 g/mol. The van der Waals surface area contributed by atoms with Crippen molar-refractivity contribution in [1.29, 1.82) is 0 Å². The van der Waals surface area contributed by atoms with Gasteiger partial charge in [0.25, 0.3) is 5.69 Å². The monoisotopic (exact) mass is 294 g/mol. The molecule has 1 aromatic rings. The summed E-state index contributed by atoms with van der Waals surface area (Å²) >= 11 is 0. The van der Waals surface area contributed by atoms with Crippen LogP contribution in [0.5, 0.6) is 0 Å². The number of nitro groups is 1. The molecule has 0 saturated heterocycles. The van der Waals surface area contributed by atoms with Crippen LogP contribution in [0.1, 0.15) is 25.8 Å². The minimum absolute atomic E-state index is 0.0291. The van der Waals surface area contributed by atoms with Crippen LogP contribution in [0, 0.1) is 16.0 Å². The van der Waals surface area contributed by atoms with Crippen LogP contribution >= 0.6 is 0 Å². The first-order chi connectivity index (χ1) is 9.99. The maximum Gasteiger partial charge on any atom is 0.269 e. The maximum atomic E-state index is 11.7. The molecule has 0 bridgehead atoms. The third-order valence-corrected chi connectivity index (χ3v) is 2.75. The van der Waals surface area contributed by atoms with E-state index in [0.717, 1.165) is 18.6 Å². The third-order valence-electron chi connectivity index (χ3n) is 2.75. The number of carbonyl (C=O) groups excluding carboxylic acids is 1. The third kappa shape index (κ3) is 7.41. The minimum Gasteiger partial charge on any atom is -0.381 e. The number of hydrogen-bond donors (Lipinski definition) is 1. The summed E-state index contributed by atoms with van der Waals surface area (Å²) in [7, 11) is 0. The Bertz CT molecular complexity index is 457. The summed E-state index contributed by atoms with van der Waals surface area (Å²) in [5.41, 5.74) is 0.788. The molecule has 0 unspecified atom stereocenters. The van der Waals surface area contributed by atoms with Crippen LogP contribution in [0.15, 0.2) is 24.3 Å². The number of amides is 1. The number of nitrogens with zero attached hydrogens (tertiary/aromatic N) is 1. The normalized spacial score (nSPS) is 10.6. The van der Waals surface area contributed by atoms with Gasteiger partial charge in [-0.3, -0.25) is 14.9 Å². The van der Waals surface area contributed by atoms with E-state index in [9.17, 15) is 14.9 Å². The van der Waals surface area contributed by atoms with Gasteiger partial charge in [-0.15, -0.1) is 0 Å². The molecule has 1 N–H and O–H groups in total. The SMILES string of the molecule is CC(C)COCCCNC(=O)Cc1ccc([N+](=O)[O-])cc1. The van der Waals surface area contributed by atoms with Crippen molar-refractivity contribution in [2.75, 3.05) is 19.8 Å². The average Bonchev–Trinajstić information content (AvgIpc) is 2.43. The van der Waals surface area contributed by atoms with Gasteiger partial charge >= 0.3 is 0 Å². The summed E-state index contributed by atoms with van der Waals surface area (Å²) in [4.78, 5) is 21.7. The Labute approximate surface area is 124 Å². The molecule has 0 radical (unpaired) electrons. The molecule has 1 rings (SSSR count). The largest absolute Gasteiger partial charge is 0.381 e. The zero-order valence-corrected chi connectivity index (χ0v) is 12.5. The van der Waals surface area contributed by atoms with Crippen LogP contribution in [0.2, 0.25) is 0 Å². The molecule has 0 heterocycles. The van der Waals surface area contributed by atoms with Crippen molar-refractivity contribution in [1.82, 2.24) is 5.32 Å². The standard InChI is InChI=1S/C15H22N2O4/c1-12(2)11-21-9-3-8-16-15(18)10-13-4-6-14(7-5-13)17(19)20/h4-7,12H,3,8-11H2,1-2H3,(H,16,18). The van der Waals surface area contributed by atoms with Crippen molar-refractivity contribution in [2.24, 2.45) is 5.92 Å². The topological polar surface area (TPSA) is 81.5 Å². The van der Waals surface area contributed by atoms with Crippen molar-refractivity contribution in [3.8, 4) is 0 Å². The number of hydrogen-bond acceptors (Lipinski definition) is 4. The van der Waals surface area contributed by atoms with Crippen LogP contribution in [-0.4, -0.2) is 30.6 Å². The number of nitro benzene ring substituents is 1. The quantitative estimate of drug-likeness (QED) is 0.430. The van der Waals surface area contributed by atoms with E-state index in [1.54, 1.807) is 12.1 Å². The molecule has 0 aliphatic heterocycles. The highest BCUT2D eigenvalue weighted by Crippen LogP contribution is 2.12. The van der Waals surface area contributed by atoms with Gasteiger partial charge in [0.15, 0.2) is 0 Å². The lowest BCUT2D eigenvalue weighted by molar-refractivity contribution is -0.384. The first-order valence-corrected chi connectivity index (χ1v) is 7.07. The van der Waals surface area contributed by atoms with Gasteiger partial charge in [0.2, 0.25) is 5.91 Å². The summed E-state index contributed by atoms with van der Waals surface area (Å²) in [6.07, 6.45) is 1.00. The first kappa shape index (κ1) is 17.1. The van der Waals surface area contributed by atoms with E-state index in [0.29, 0.717) is 19.1 Å². The van der Waals surface area contributed by atoms with E-state index in [-0.39, 0.29) is 18.0 Å². The Hall–Kier alpha value is -1.95. The second kappa shape index (κ2) is 9.07. The smallest absolute Gasteiger partial charge is 0.269 e. The molecule has 1 amide bonds. The van der Waals surface area contributed by atoms with Gasteiger partial charge in [-0.2, -0.15) is 0 Å². The molecule has 6 nitrogen and oxygen atoms in total. The zero-order valence-electron chi connectivity index (χ0n) is 12.5. The molecule has 0 saturated carbocycles. The lowest BCUT2D eigenvalue weighted by atomic mass is 10.1. The molecule has 0 atom stereocenters. The number of non-ortho nitro benzene ring substituents is 1. The Morgan fingerprint density at radius 1 is 1.33 bits per heavy atom. The molecule has 0 spiro atoms. The number of ether oxygens (including phenoxy) is 1. The second-order valence-electron chi connectivity index (χ2n) is 5.27. The first-order valence-electron chi connectivity index (χ1n) is 7.07. The highest BCUT2D eigenvalue weighted by Gasteiger charge is 2.07. The molecule has 1 aromatic carbocycles. The summed E-state index contributed by atoms with van der Waals surface area (Å²) < 4.78 is 5.42. The van der Waals surface area contributed by atoms with E-state index in [4.69, 9.17) is 4.74 Å². The van der Waals surface area contributed by atoms with Crippen LogP contribution in [0.4, 0.5) is 5.69 Å². The van der Waals surface area contributed by atoms with Crippen molar-refractivity contribution in [2.45, 2.75) is 26.7 Å². The minimum atomic E-state index is -0.457. The summed E-state index contributed by atoms with van der Waals surface area (Å²) in [6.45, 7) is 6.12. The van der Waals surface area contributed by atoms with Crippen LogP contribution in [-0.2, 0) is 16.0 Å². The predicted octanol–water partition coefficient (Wildman–Crippen LogP) is 2.32. The zero-order chi connectivity index (χ0) is 15.7. The number of nitrogens with one attached hydrogen (secondary N) is 1. The maximum absolute atomic E-state index is 11.7. The van der Waals surface area contributed by atoms with E-state index >= 15 is 0 Å². The predicted molar refractivity (Wildman–Crippen MR) is 80.1 cm³/mol. The fourth-order valence-electron chi connectivity index (χ4n) is 1.70. The fourth-order valence-corrected chi connectivity index (χ4v) is 1.70. The molecule has 0 aromatic heterocycles. The molecule has 116 valence electrons. The van der Waals surface area contributed by atoms with Gasteiger partial charge in [0.1, 0.15) is 0 Å². The molecule has 21 heavy (non-hydrogen) atoms.